The van der Waals surface area contributed by atoms with Gasteiger partial charge in [-0.2, -0.15) is 0 Å². The average Bonchev–Trinajstić information content (AvgIpc) is 2.78. The summed E-state index contributed by atoms with van der Waals surface area (Å²) >= 11 is 0.325. The molecule has 0 bridgehead atoms. The fourth-order valence-electron chi connectivity index (χ4n) is 1.91. The second-order valence-corrected chi connectivity index (χ2v) is 7.09. The molecule has 1 heterocycles. The number of rotatable bonds is 6. The van der Waals surface area contributed by atoms with E-state index in [-0.39, 0.29) is 6.04 Å². The van der Waals surface area contributed by atoms with Crippen LogP contribution in [-0.4, -0.2) is 26.0 Å². The predicted molar refractivity (Wildman–Crippen MR) is 72.5 cm³/mol. The van der Waals surface area contributed by atoms with Crippen molar-refractivity contribution < 1.29 is 21.2 Å². The zero-order valence-electron chi connectivity index (χ0n) is 11.4. The molecule has 4 nitrogen and oxygen atoms in total. The third kappa shape index (κ3) is 4.58. The van der Waals surface area contributed by atoms with Crippen LogP contribution in [0.25, 0.3) is 0 Å². The predicted octanol–water partition coefficient (Wildman–Crippen LogP) is -1.57. The van der Waals surface area contributed by atoms with Gasteiger partial charge in [-0.3, -0.25) is 0 Å². The van der Waals surface area contributed by atoms with E-state index >= 15 is 0 Å². The Hall–Kier alpha value is -0.950. The van der Waals surface area contributed by atoms with Crippen molar-refractivity contribution >= 4 is 0 Å². The van der Waals surface area contributed by atoms with E-state index in [9.17, 15) is 0 Å². The summed E-state index contributed by atoms with van der Waals surface area (Å²) in [5.74, 6) is 0. The fourth-order valence-corrected chi connectivity index (χ4v) is 3.30. The molecule has 0 aliphatic carbocycles. The van der Waals surface area contributed by atoms with Crippen LogP contribution in [0.3, 0.4) is 0 Å². The molecule has 5 heteroatoms. The number of hydrogen-bond donors (Lipinski definition) is 1. The van der Waals surface area contributed by atoms with E-state index in [4.69, 9.17) is 5.73 Å². The molecule has 0 saturated heterocycles. The molecule has 0 spiro atoms. The molecule has 1 aromatic carbocycles. The first-order valence-electron chi connectivity index (χ1n) is 6.33. The van der Waals surface area contributed by atoms with Gasteiger partial charge in [-0.05, 0) is 0 Å². The zero-order valence-corrected chi connectivity index (χ0v) is 13.5. The van der Waals surface area contributed by atoms with Crippen LogP contribution in [0.15, 0.2) is 30.5 Å². The molecule has 2 aromatic rings. The van der Waals surface area contributed by atoms with Crippen LogP contribution in [0, 0.1) is 0 Å². The van der Waals surface area contributed by atoms with Gasteiger partial charge in [0.1, 0.15) is 0 Å². The van der Waals surface area contributed by atoms with Gasteiger partial charge in [0, 0.05) is 0 Å². The molecule has 0 amide bonds. The Morgan fingerprint density at radius 1 is 1.26 bits per heavy atom. The van der Waals surface area contributed by atoms with Crippen LogP contribution in [0.4, 0.5) is 0 Å². The Kier molecular flexibility index (Phi) is 5.33. The Morgan fingerprint density at radius 2 is 1.95 bits per heavy atom. The molecule has 0 aliphatic rings. The second-order valence-electron chi connectivity index (χ2n) is 4.81. The summed E-state index contributed by atoms with van der Waals surface area (Å²) in [5.41, 5.74) is 9.42. The van der Waals surface area contributed by atoms with E-state index in [1.807, 2.05) is 17.8 Å². The first-order chi connectivity index (χ1) is 9.17. The van der Waals surface area contributed by atoms with E-state index in [0.717, 1.165) is 18.7 Å². The summed E-state index contributed by atoms with van der Waals surface area (Å²) in [6.07, 6.45) is 2.76. The van der Waals surface area contributed by atoms with Crippen molar-refractivity contribution in [3.8, 4) is 0 Å². The number of aromatic nitrogens is 3. The van der Waals surface area contributed by atoms with Crippen molar-refractivity contribution in [1.82, 2.24) is 15.0 Å². The second kappa shape index (κ2) is 7.00. The molecule has 0 radical (unpaired) electrons. The molecule has 1 atom stereocenters. The van der Waals surface area contributed by atoms with Crippen molar-refractivity contribution in [2.45, 2.75) is 30.4 Å². The minimum absolute atomic E-state index is 0.127. The standard InChI is InChI=1S/C14H20IN4/c1-11(16)7-14-10-19(18-17-14)9-13-5-3-12(4-6-13)8-15-2/h3-6,10-11H,7-9,16H2,1-2H3/q-1. The zero-order chi connectivity index (χ0) is 13.7. The first kappa shape index (κ1) is 14.5. The van der Waals surface area contributed by atoms with Gasteiger partial charge in [0.15, 0.2) is 0 Å². The van der Waals surface area contributed by atoms with Crippen LogP contribution < -0.4 is 26.9 Å². The molecular weight excluding hydrogens is 351 g/mol. The van der Waals surface area contributed by atoms with E-state index in [0.29, 0.717) is 21.2 Å². The molecule has 1 aromatic heterocycles. The fraction of sp³-hybridized carbons (Fsp3) is 0.429. The number of alkyl halides is 2. The summed E-state index contributed by atoms with van der Waals surface area (Å²) < 4.78 is 3.13. The van der Waals surface area contributed by atoms with Crippen LogP contribution in [0.2, 0.25) is 0 Å². The van der Waals surface area contributed by atoms with E-state index in [1.165, 1.54) is 15.6 Å². The Labute approximate surface area is 124 Å². The maximum atomic E-state index is 5.76. The maximum absolute atomic E-state index is 5.76. The van der Waals surface area contributed by atoms with Gasteiger partial charge >= 0.3 is 125 Å². The summed E-state index contributed by atoms with van der Waals surface area (Å²) in [6, 6.07) is 8.93. The quantitative estimate of drug-likeness (QED) is 0.494. The molecule has 2 N–H and O–H groups in total. The van der Waals surface area contributed by atoms with E-state index in [1.54, 1.807) is 0 Å². The molecule has 1 unspecified atom stereocenters. The first-order valence-corrected chi connectivity index (χ1v) is 10.0. The van der Waals surface area contributed by atoms with Crippen molar-refractivity contribution in [1.29, 1.82) is 0 Å². The van der Waals surface area contributed by atoms with Gasteiger partial charge in [0.2, 0.25) is 0 Å². The van der Waals surface area contributed by atoms with E-state index < -0.39 is 0 Å². The summed E-state index contributed by atoms with van der Waals surface area (Å²) in [4.78, 5) is 2.31. The van der Waals surface area contributed by atoms with Crippen molar-refractivity contribution in [2.24, 2.45) is 5.73 Å². The topological polar surface area (TPSA) is 56.7 Å². The Morgan fingerprint density at radius 3 is 2.58 bits per heavy atom. The van der Waals surface area contributed by atoms with Crippen LogP contribution in [0.1, 0.15) is 23.7 Å². The van der Waals surface area contributed by atoms with Crippen LogP contribution >= 0.6 is 0 Å². The number of benzene rings is 1. The Bertz CT molecular complexity index is 504. The number of hydrogen-bond acceptors (Lipinski definition) is 3. The van der Waals surface area contributed by atoms with Crippen molar-refractivity contribution in [2.75, 3.05) is 4.93 Å². The molecule has 2 rings (SSSR count). The van der Waals surface area contributed by atoms with E-state index in [2.05, 4.69) is 39.5 Å². The Balaban J connectivity index is 1.98. The molecule has 0 fully saturated rings. The molecule has 0 saturated carbocycles. The number of nitrogens with two attached hydrogens (primary N) is 1. The SMILES string of the molecule is C[I-]Cc1ccc(Cn2cc(CC(C)N)nn2)cc1. The third-order valence-electron chi connectivity index (χ3n) is 2.77. The number of halogens is 1. The summed E-state index contributed by atoms with van der Waals surface area (Å²) in [6.45, 7) is 2.75. The van der Waals surface area contributed by atoms with Gasteiger partial charge in [-0.1, -0.05) is 0 Å². The molecule has 104 valence electrons. The minimum atomic E-state index is 0.127. The summed E-state index contributed by atoms with van der Waals surface area (Å²) in [7, 11) is 0. The molecule has 19 heavy (non-hydrogen) atoms. The van der Waals surface area contributed by atoms with Gasteiger partial charge in [0.05, 0.1) is 0 Å². The molecular formula is C14H20IN4-. The molecule has 0 aliphatic heterocycles. The number of nitrogens with zero attached hydrogens (tertiary/aromatic N) is 3. The normalized spacial score (nSPS) is 12.8. The van der Waals surface area contributed by atoms with Gasteiger partial charge in [-0.15, -0.1) is 0 Å². The van der Waals surface area contributed by atoms with Gasteiger partial charge < -0.3 is 0 Å². The van der Waals surface area contributed by atoms with Crippen molar-refractivity contribution in [3.63, 3.8) is 0 Å². The summed E-state index contributed by atoms with van der Waals surface area (Å²) in [5, 5.41) is 8.28. The van der Waals surface area contributed by atoms with Gasteiger partial charge in [-0.25, -0.2) is 0 Å². The third-order valence-corrected chi connectivity index (χ3v) is 4.42. The van der Waals surface area contributed by atoms with Crippen molar-refractivity contribution in [3.05, 3.63) is 47.3 Å². The average molecular weight is 371 g/mol. The van der Waals surface area contributed by atoms with Crippen LogP contribution in [-0.2, 0) is 17.4 Å². The van der Waals surface area contributed by atoms with Gasteiger partial charge in [0.25, 0.3) is 0 Å². The monoisotopic (exact) mass is 371 g/mol. The van der Waals surface area contributed by atoms with Crippen LogP contribution in [0.5, 0.6) is 0 Å².